The molecule has 1 aromatic carbocycles. The van der Waals surface area contributed by atoms with E-state index in [9.17, 15) is 0 Å². The zero-order valence-electron chi connectivity index (χ0n) is 9.59. The minimum Gasteiger partial charge on any atom is -0.324 e. The molecular weight excluding hydrogens is 184 g/mol. The van der Waals surface area contributed by atoms with Crippen LogP contribution in [0.1, 0.15) is 29.2 Å². The van der Waals surface area contributed by atoms with Crippen LogP contribution in [0.5, 0.6) is 0 Å². The Balaban J connectivity index is 2.23. The average molecular weight is 204 g/mol. The van der Waals surface area contributed by atoms with Crippen molar-refractivity contribution in [3.63, 3.8) is 0 Å². The molecule has 0 radical (unpaired) electrons. The van der Waals surface area contributed by atoms with E-state index in [-0.39, 0.29) is 6.04 Å². The Hall–Kier alpha value is -0.860. The van der Waals surface area contributed by atoms with Gasteiger partial charge >= 0.3 is 0 Å². The highest BCUT2D eigenvalue weighted by Gasteiger charge is 2.23. The molecule has 15 heavy (non-hydrogen) atoms. The molecule has 1 fully saturated rings. The van der Waals surface area contributed by atoms with Crippen molar-refractivity contribution < 1.29 is 0 Å². The van der Waals surface area contributed by atoms with Crippen molar-refractivity contribution in [2.45, 2.75) is 26.3 Å². The Morgan fingerprint density at radius 1 is 1.40 bits per heavy atom. The molecule has 82 valence electrons. The molecule has 1 heterocycles. The monoisotopic (exact) mass is 204 g/mol. The number of rotatable bonds is 2. The van der Waals surface area contributed by atoms with Gasteiger partial charge in [-0.3, -0.25) is 0 Å². The predicted octanol–water partition coefficient (Wildman–Crippen LogP) is 1.91. The number of nitrogens with one attached hydrogen (secondary N) is 1. The summed E-state index contributed by atoms with van der Waals surface area (Å²) < 4.78 is 0. The predicted molar refractivity (Wildman–Crippen MR) is 63.8 cm³/mol. The molecule has 1 saturated heterocycles. The lowest BCUT2D eigenvalue weighted by atomic mass is 9.89. The normalized spacial score (nSPS) is 23.0. The van der Waals surface area contributed by atoms with Gasteiger partial charge in [0.25, 0.3) is 0 Å². The third kappa shape index (κ3) is 2.21. The van der Waals surface area contributed by atoms with Gasteiger partial charge in [0.15, 0.2) is 0 Å². The lowest BCUT2D eigenvalue weighted by Crippen LogP contribution is -2.24. The van der Waals surface area contributed by atoms with Crippen molar-refractivity contribution >= 4 is 0 Å². The minimum absolute atomic E-state index is 0.194. The van der Waals surface area contributed by atoms with Gasteiger partial charge in [-0.15, -0.1) is 0 Å². The van der Waals surface area contributed by atoms with Crippen LogP contribution in [-0.4, -0.2) is 13.1 Å². The Morgan fingerprint density at radius 2 is 2.20 bits per heavy atom. The highest BCUT2D eigenvalue weighted by molar-refractivity contribution is 5.33. The van der Waals surface area contributed by atoms with Crippen molar-refractivity contribution in [3.8, 4) is 0 Å². The minimum atomic E-state index is 0.194. The fraction of sp³-hybridized carbons (Fsp3) is 0.538. The molecule has 2 rings (SSSR count). The first-order valence-corrected chi connectivity index (χ1v) is 5.72. The first-order valence-electron chi connectivity index (χ1n) is 5.72. The van der Waals surface area contributed by atoms with Crippen LogP contribution < -0.4 is 11.1 Å². The molecule has 0 amide bonds. The van der Waals surface area contributed by atoms with Crippen LogP contribution in [0.15, 0.2) is 18.2 Å². The highest BCUT2D eigenvalue weighted by Crippen LogP contribution is 2.27. The van der Waals surface area contributed by atoms with E-state index in [4.69, 9.17) is 5.73 Å². The molecule has 0 aliphatic carbocycles. The van der Waals surface area contributed by atoms with E-state index in [1.807, 2.05) is 0 Å². The SMILES string of the molecule is Cc1ccc(C)c(C(N)C2CCNC2)c1. The van der Waals surface area contributed by atoms with E-state index >= 15 is 0 Å². The summed E-state index contributed by atoms with van der Waals surface area (Å²) in [7, 11) is 0. The van der Waals surface area contributed by atoms with Gasteiger partial charge in [0.2, 0.25) is 0 Å². The molecule has 1 aliphatic rings. The summed E-state index contributed by atoms with van der Waals surface area (Å²) >= 11 is 0. The standard InChI is InChI=1S/C13H20N2/c1-9-3-4-10(2)12(7-9)13(14)11-5-6-15-8-11/h3-4,7,11,13,15H,5-6,8,14H2,1-2H3. The maximum atomic E-state index is 6.33. The van der Waals surface area contributed by atoms with E-state index in [2.05, 4.69) is 37.4 Å². The summed E-state index contributed by atoms with van der Waals surface area (Å²) in [6.07, 6.45) is 1.20. The third-order valence-corrected chi connectivity index (χ3v) is 3.40. The second-order valence-corrected chi connectivity index (χ2v) is 4.64. The second-order valence-electron chi connectivity index (χ2n) is 4.64. The molecule has 1 aromatic rings. The van der Waals surface area contributed by atoms with Gasteiger partial charge in [-0.1, -0.05) is 23.8 Å². The van der Waals surface area contributed by atoms with Crippen LogP contribution in [0.4, 0.5) is 0 Å². The van der Waals surface area contributed by atoms with Crippen molar-refractivity contribution in [1.82, 2.24) is 5.32 Å². The molecule has 2 unspecified atom stereocenters. The zero-order valence-corrected chi connectivity index (χ0v) is 9.59. The molecule has 0 aromatic heterocycles. The maximum absolute atomic E-state index is 6.33. The van der Waals surface area contributed by atoms with E-state index in [0.29, 0.717) is 5.92 Å². The quantitative estimate of drug-likeness (QED) is 0.772. The topological polar surface area (TPSA) is 38.0 Å². The van der Waals surface area contributed by atoms with Crippen LogP contribution in [0.3, 0.4) is 0 Å². The Labute approximate surface area is 91.9 Å². The summed E-state index contributed by atoms with van der Waals surface area (Å²) in [6.45, 7) is 6.46. The number of hydrogen-bond acceptors (Lipinski definition) is 2. The summed E-state index contributed by atoms with van der Waals surface area (Å²) in [5, 5.41) is 3.38. The fourth-order valence-corrected chi connectivity index (χ4v) is 2.36. The van der Waals surface area contributed by atoms with Gasteiger partial charge in [0.05, 0.1) is 0 Å². The largest absolute Gasteiger partial charge is 0.324 e. The molecule has 2 atom stereocenters. The summed E-state index contributed by atoms with van der Waals surface area (Å²) in [6, 6.07) is 6.75. The number of aryl methyl sites for hydroxylation is 2. The fourth-order valence-electron chi connectivity index (χ4n) is 2.36. The van der Waals surface area contributed by atoms with E-state index in [0.717, 1.165) is 13.1 Å². The van der Waals surface area contributed by atoms with Gasteiger partial charge in [-0.25, -0.2) is 0 Å². The molecule has 1 aliphatic heterocycles. The lowest BCUT2D eigenvalue weighted by Gasteiger charge is -2.21. The molecule has 2 nitrogen and oxygen atoms in total. The van der Waals surface area contributed by atoms with Crippen molar-refractivity contribution in [2.75, 3.05) is 13.1 Å². The lowest BCUT2D eigenvalue weighted by molar-refractivity contribution is 0.468. The Morgan fingerprint density at radius 3 is 2.87 bits per heavy atom. The van der Waals surface area contributed by atoms with Crippen LogP contribution in [0.2, 0.25) is 0 Å². The van der Waals surface area contributed by atoms with E-state index < -0.39 is 0 Å². The van der Waals surface area contributed by atoms with E-state index in [1.165, 1.54) is 23.1 Å². The van der Waals surface area contributed by atoms with Crippen molar-refractivity contribution in [1.29, 1.82) is 0 Å². The van der Waals surface area contributed by atoms with Crippen LogP contribution in [-0.2, 0) is 0 Å². The molecule has 0 saturated carbocycles. The Bertz CT molecular complexity index is 340. The van der Waals surface area contributed by atoms with Gasteiger partial charge in [-0.05, 0) is 50.4 Å². The smallest absolute Gasteiger partial charge is 0.0338 e. The molecular formula is C13H20N2. The molecule has 3 N–H and O–H groups in total. The van der Waals surface area contributed by atoms with Crippen molar-refractivity contribution in [2.24, 2.45) is 11.7 Å². The van der Waals surface area contributed by atoms with Crippen molar-refractivity contribution in [3.05, 3.63) is 34.9 Å². The molecule has 0 spiro atoms. The van der Waals surface area contributed by atoms with Gasteiger partial charge in [0, 0.05) is 6.04 Å². The van der Waals surface area contributed by atoms with Crippen LogP contribution in [0.25, 0.3) is 0 Å². The second kappa shape index (κ2) is 4.33. The van der Waals surface area contributed by atoms with Gasteiger partial charge in [-0.2, -0.15) is 0 Å². The summed E-state index contributed by atoms with van der Waals surface area (Å²) in [5.74, 6) is 0.602. The maximum Gasteiger partial charge on any atom is 0.0338 e. The van der Waals surface area contributed by atoms with Gasteiger partial charge < -0.3 is 11.1 Å². The summed E-state index contributed by atoms with van der Waals surface area (Å²) in [5.41, 5.74) is 10.3. The van der Waals surface area contributed by atoms with Gasteiger partial charge in [0.1, 0.15) is 0 Å². The first kappa shape index (κ1) is 10.7. The Kier molecular flexibility index (Phi) is 3.08. The van der Waals surface area contributed by atoms with E-state index in [1.54, 1.807) is 0 Å². The van der Waals surface area contributed by atoms with Crippen LogP contribution >= 0.6 is 0 Å². The number of hydrogen-bond donors (Lipinski definition) is 2. The number of benzene rings is 1. The third-order valence-electron chi connectivity index (χ3n) is 3.40. The molecule has 2 heteroatoms. The first-order chi connectivity index (χ1) is 7.18. The summed E-state index contributed by atoms with van der Waals surface area (Å²) in [4.78, 5) is 0. The molecule has 0 bridgehead atoms. The number of nitrogens with two attached hydrogens (primary N) is 1. The average Bonchev–Trinajstić information content (AvgIpc) is 2.74. The van der Waals surface area contributed by atoms with Crippen LogP contribution in [0, 0.1) is 19.8 Å². The zero-order chi connectivity index (χ0) is 10.8. The highest BCUT2D eigenvalue weighted by atomic mass is 14.9.